The molecule has 0 spiro atoms. The van der Waals surface area contributed by atoms with Gasteiger partial charge in [0.15, 0.2) is 0 Å². The Hall–Kier alpha value is -2.16. The highest BCUT2D eigenvalue weighted by atomic mass is 16.3. The summed E-state index contributed by atoms with van der Waals surface area (Å²) in [5, 5.41) is 12.6. The van der Waals surface area contributed by atoms with Crippen LogP contribution in [-0.4, -0.2) is 18.2 Å². The molecule has 0 bridgehead atoms. The largest absolute Gasteiger partial charge is 0.508 e. The number of phenolic OH excluding ortho intramolecular Hbond substituents is 1. The van der Waals surface area contributed by atoms with Gasteiger partial charge in [-0.3, -0.25) is 0 Å². The van der Waals surface area contributed by atoms with E-state index in [1.165, 1.54) is 11.3 Å². The minimum atomic E-state index is 0.290. The van der Waals surface area contributed by atoms with Crippen LogP contribution < -0.4 is 10.2 Å². The average Bonchev–Trinajstić information content (AvgIpc) is 2.83. The van der Waals surface area contributed by atoms with E-state index in [-0.39, 0.29) is 5.75 Å². The maximum atomic E-state index is 9.27. The predicted molar refractivity (Wildman–Crippen MR) is 79.4 cm³/mol. The van der Waals surface area contributed by atoms with Crippen molar-refractivity contribution in [3.05, 3.63) is 48.0 Å². The van der Waals surface area contributed by atoms with Crippen LogP contribution in [0.2, 0.25) is 0 Å². The zero-order valence-corrected chi connectivity index (χ0v) is 11.1. The molecule has 0 radical (unpaired) electrons. The first-order valence-corrected chi connectivity index (χ1v) is 6.70. The highest BCUT2D eigenvalue weighted by molar-refractivity contribution is 5.68. The standard InChI is InChI=1S/C16H18N2O/c1-2-18-10-9-12-11-14(5-8-16(12)18)17-13-3-6-15(19)7-4-13/h3-8,11,17,19H,2,9-10H2,1H3. The van der Waals surface area contributed by atoms with Gasteiger partial charge in [-0.25, -0.2) is 0 Å². The van der Waals surface area contributed by atoms with Gasteiger partial charge in [-0.05, 0) is 61.4 Å². The van der Waals surface area contributed by atoms with Crippen LogP contribution in [0.4, 0.5) is 17.1 Å². The summed E-state index contributed by atoms with van der Waals surface area (Å²) < 4.78 is 0. The van der Waals surface area contributed by atoms with E-state index in [1.807, 2.05) is 12.1 Å². The fraction of sp³-hybridized carbons (Fsp3) is 0.250. The van der Waals surface area contributed by atoms with E-state index < -0.39 is 0 Å². The molecule has 0 aliphatic carbocycles. The molecule has 0 amide bonds. The number of hydrogen-bond donors (Lipinski definition) is 2. The SMILES string of the molecule is CCN1CCc2cc(Nc3ccc(O)cc3)ccc21. The topological polar surface area (TPSA) is 35.5 Å². The highest BCUT2D eigenvalue weighted by Crippen LogP contribution is 2.31. The monoisotopic (exact) mass is 254 g/mol. The summed E-state index contributed by atoms with van der Waals surface area (Å²) in [6.45, 7) is 4.38. The van der Waals surface area contributed by atoms with Gasteiger partial charge in [-0.2, -0.15) is 0 Å². The van der Waals surface area contributed by atoms with Crippen LogP contribution in [0.5, 0.6) is 5.75 Å². The third-order valence-corrected chi connectivity index (χ3v) is 3.61. The van der Waals surface area contributed by atoms with E-state index in [0.717, 1.165) is 30.9 Å². The van der Waals surface area contributed by atoms with Crippen LogP contribution in [0, 0.1) is 0 Å². The summed E-state index contributed by atoms with van der Waals surface area (Å²) in [6, 6.07) is 13.6. The van der Waals surface area contributed by atoms with Crippen molar-refractivity contribution in [1.82, 2.24) is 0 Å². The lowest BCUT2D eigenvalue weighted by Gasteiger charge is -2.17. The maximum absolute atomic E-state index is 9.27. The van der Waals surface area contributed by atoms with Gasteiger partial charge >= 0.3 is 0 Å². The zero-order valence-electron chi connectivity index (χ0n) is 11.1. The molecule has 1 heterocycles. The maximum Gasteiger partial charge on any atom is 0.115 e. The molecule has 98 valence electrons. The summed E-state index contributed by atoms with van der Waals surface area (Å²) in [7, 11) is 0. The van der Waals surface area contributed by atoms with Gasteiger partial charge in [0, 0.05) is 30.2 Å². The lowest BCUT2D eigenvalue weighted by Crippen LogP contribution is -2.18. The van der Waals surface area contributed by atoms with Gasteiger partial charge in [-0.15, -0.1) is 0 Å². The smallest absolute Gasteiger partial charge is 0.115 e. The third-order valence-electron chi connectivity index (χ3n) is 3.61. The number of benzene rings is 2. The van der Waals surface area contributed by atoms with Crippen LogP contribution in [0.1, 0.15) is 12.5 Å². The molecule has 1 aliphatic heterocycles. The Labute approximate surface area is 113 Å². The van der Waals surface area contributed by atoms with E-state index in [9.17, 15) is 5.11 Å². The second kappa shape index (κ2) is 4.84. The zero-order chi connectivity index (χ0) is 13.2. The normalized spacial score (nSPS) is 13.4. The molecule has 0 unspecified atom stereocenters. The van der Waals surface area contributed by atoms with Gasteiger partial charge in [0.25, 0.3) is 0 Å². The highest BCUT2D eigenvalue weighted by Gasteiger charge is 2.17. The number of anilines is 3. The minimum absolute atomic E-state index is 0.290. The number of nitrogens with zero attached hydrogens (tertiary/aromatic N) is 1. The molecule has 0 saturated carbocycles. The summed E-state index contributed by atoms with van der Waals surface area (Å²) in [5.74, 6) is 0.290. The first-order valence-electron chi connectivity index (χ1n) is 6.70. The quantitative estimate of drug-likeness (QED) is 0.823. The van der Waals surface area contributed by atoms with Crippen molar-refractivity contribution in [2.75, 3.05) is 23.3 Å². The second-order valence-corrected chi connectivity index (χ2v) is 4.85. The predicted octanol–water partition coefficient (Wildman–Crippen LogP) is 3.52. The first kappa shape index (κ1) is 11.9. The van der Waals surface area contributed by atoms with E-state index in [1.54, 1.807) is 12.1 Å². The number of nitrogens with one attached hydrogen (secondary N) is 1. The Morgan fingerprint density at radius 1 is 1.11 bits per heavy atom. The summed E-state index contributed by atoms with van der Waals surface area (Å²) in [5.41, 5.74) is 4.86. The Balaban J connectivity index is 1.81. The van der Waals surface area contributed by atoms with Crippen molar-refractivity contribution >= 4 is 17.1 Å². The molecule has 2 N–H and O–H groups in total. The van der Waals surface area contributed by atoms with Gasteiger partial charge in [0.2, 0.25) is 0 Å². The van der Waals surface area contributed by atoms with E-state index in [4.69, 9.17) is 0 Å². The summed E-state index contributed by atoms with van der Waals surface area (Å²) in [6.07, 6.45) is 1.12. The fourth-order valence-corrected chi connectivity index (χ4v) is 2.59. The Bertz CT molecular complexity index is 578. The molecular formula is C16H18N2O. The van der Waals surface area contributed by atoms with Crippen molar-refractivity contribution < 1.29 is 5.11 Å². The molecule has 3 nitrogen and oxygen atoms in total. The second-order valence-electron chi connectivity index (χ2n) is 4.85. The molecule has 2 aromatic carbocycles. The molecule has 3 heteroatoms. The van der Waals surface area contributed by atoms with Gasteiger partial charge in [-0.1, -0.05) is 0 Å². The van der Waals surface area contributed by atoms with Gasteiger partial charge < -0.3 is 15.3 Å². The molecule has 0 saturated heterocycles. The van der Waals surface area contributed by atoms with Crippen LogP contribution in [0.25, 0.3) is 0 Å². The molecule has 1 aliphatic rings. The number of hydrogen-bond acceptors (Lipinski definition) is 3. The van der Waals surface area contributed by atoms with E-state index >= 15 is 0 Å². The molecule has 0 fully saturated rings. The van der Waals surface area contributed by atoms with Gasteiger partial charge in [0.05, 0.1) is 0 Å². The summed E-state index contributed by atoms with van der Waals surface area (Å²) in [4.78, 5) is 2.40. The minimum Gasteiger partial charge on any atom is -0.508 e. The molecule has 19 heavy (non-hydrogen) atoms. The van der Waals surface area contributed by atoms with Crippen LogP contribution >= 0.6 is 0 Å². The number of fused-ring (bicyclic) bond motifs is 1. The molecule has 0 aromatic heterocycles. The Morgan fingerprint density at radius 2 is 1.84 bits per heavy atom. The van der Waals surface area contributed by atoms with Crippen LogP contribution in [-0.2, 0) is 6.42 Å². The van der Waals surface area contributed by atoms with Crippen molar-refractivity contribution in [1.29, 1.82) is 0 Å². The number of phenols is 1. The van der Waals surface area contributed by atoms with Gasteiger partial charge in [0.1, 0.15) is 5.75 Å². The molecular weight excluding hydrogens is 236 g/mol. The Morgan fingerprint density at radius 3 is 2.58 bits per heavy atom. The molecule has 0 atom stereocenters. The van der Waals surface area contributed by atoms with Crippen molar-refractivity contribution in [3.8, 4) is 5.75 Å². The van der Waals surface area contributed by atoms with Crippen LogP contribution in [0.15, 0.2) is 42.5 Å². The molecule has 3 rings (SSSR count). The van der Waals surface area contributed by atoms with Crippen LogP contribution in [0.3, 0.4) is 0 Å². The first-order chi connectivity index (χ1) is 9.26. The number of rotatable bonds is 3. The van der Waals surface area contributed by atoms with Crippen molar-refractivity contribution in [2.24, 2.45) is 0 Å². The lowest BCUT2D eigenvalue weighted by molar-refractivity contribution is 0.475. The van der Waals surface area contributed by atoms with E-state index in [2.05, 4.69) is 35.3 Å². The summed E-state index contributed by atoms with van der Waals surface area (Å²) >= 11 is 0. The lowest BCUT2D eigenvalue weighted by atomic mass is 10.1. The van der Waals surface area contributed by atoms with E-state index in [0.29, 0.717) is 0 Å². The average molecular weight is 254 g/mol. The molecule has 2 aromatic rings. The Kier molecular flexibility index (Phi) is 3.03. The van der Waals surface area contributed by atoms with Crippen molar-refractivity contribution in [2.45, 2.75) is 13.3 Å². The number of aromatic hydroxyl groups is 1. The van der Waals surface area contributed by atoms with Crippen molar-refractivity contribution in [3.63, 3.8) is 0 Å². The number of likely N-dealkylation sites (N-methyl/N-ethyl adjacent to an activating group) is 1. The fourth-order valence-electron chi connectivity index (χ4n) is 2.59. The third kappa shape index (κ3) is 2.36.